The maximum atomic E-state index is 15.8. The first-order valence-corrected chi connectivity index (χ1v) is 18.8. The van der Waals surface area contributed by atoms with E-state index in [1.54, 1.807) is 6.07 Å². The number of rotatable bonds is 9. The molecule has 45 heavy (non-hydrogen) atoms. The van der Waals surface area contributed by atoms with Gasteiger partial charge in [0, 0.05) is 17.2 Å². The van der Waals surface area contributed by atoms with Crippen LogP contribution in [0.5, 0.6) is 11.5 Å². The molecule has 0 saturated heterocycles. The number of benzene rings is 5. The normalized spacial score (nSPS) is 12.4. The molecular formula is C39H39F3O2Si. The minimum atomic E-state index is -2.10. The fourth-order valence-corrected chi connectivity index (χ4v) is 6.86. The summed E-state index contributed by atoms with van der Waals surface area (Å²) < 4.78 is 51.4. The van der Waals surface area contributed by atoms with E-state index in [-0.39, 0.29) is 28.5 Å². The number of hydrogen-bond donors (Lipinski definition) is 1. The molecule has 232 valence electrons. The number of phenols is 1. The number of hydrogen-bond acceptors (Lipinski definition) is 2. The van der Waals surface area contributed by atoms with Crippen molar-refractivity contribution in [2.24, 2.45) is 5.92 Å². The van der Waals surface area contributed by atoms with Gasteiger partial charge in [0.1, 0.15) is 11.5 Å². The summed E-state index contributed by atoms with van der Waals surface area (Å²) in [4.78, 5) is 0. The van der Waals surface area contributed by atoms with Crippen molar-refractivity contribution in [1.29, 1.82) is 0 Å². The van der Waals surface area contributed by atoms with E-state index in [1.807, 2.05) is 99.6 Å². The second-order valence-corrected chi connectivity index (χ2v) is 18.2. The van der Waals surface area contributed by atoms with Crippen molar-refractivity contribution in [2.45, 2.75) is 52.9 Å². The monoisotopic (exact) mass is 624 g/mol. The Bertz CT molecular complexity index is 1760. The lowest BCUT2D eigenvalue weighted by Gasteiger charge is -2.24. The van der Waals surface area contributed by atoms with E-state index < -0.39 is 31.6 Å². The molecule has 6 heteroatoms. The number of aromatic hydroxyl groups is 1. The first-order chi connectivity index (χ1) is 21.3. The van der Waals surface area contributed by atoms with Gasteiger partial charge in [0.05, 0.1) is 19.7 Å². The average Bonchev–Trinajstić information content (AvgIpc) is 3.00. The molecule has 1 atom stereocenters. The van der Waals surface area contributed by atoms with E-state index in [9.17, 15) is 13.9 Å². The summed E-state index contributed by atoms with van der Waals surface area (Å²) >= 11 is 0. The molecule has 0 saturated carbocycles. The molecule has 0 amide bonds. The molecule has 0 radical (unpaired) electrons. The van der Waals surface area contributed by atoms with Gasteiger partial charge in [-0.25, -0.2) is 13.2 Å². The lowest BCUT2D eigenvalue weighted by molar-refractivity contribution is 0.192. The molecule has 0 unspecified atom stereocenters. The van der Waals surface area contributed by atoms with Crippen molar-refractivity contribution >= 4 is 13.3 Å². The summed E-state index contributed by atoms with van der Waals surface area (Å²) in [5.41, 5.74) is 4.86. The van der Waals surface area contributed by atoms with Gasteiger partial charge in [0.15, 0.2) is 17.5 Å². The van der Waals surface area contributed by atoms with Crippen LogP contribution < -0.4 is 9.92 Å². The van der Waals surface area contributed by atoms with Crippen molar-refractivity contribution in [1.82, 2.24) is 0 Å². The predicted octanol–water partition coefficient (Wildman–Crippen LogP) is 10.8. The highest BCUT2D eigenvalue weighted by atomic mass is 28.3. The summed E-state index contributed by atoms with van der Waals surface area (Å²) in [6, 6.07) is 30.5. The Balaban J connectivity index is 1.81. The van der Waals surface area contributed by atoms with Gasteiger partial charge >= 0.3 is 0 Å². The van der Waals surface area contributed by atoms with E-state index in [1.165, 1.54) is 0 Å². The first kappa shape index (κ1) is 32.1. The molecule has 0 spiro atoms. The average molecular weight is 625 g/mol. The summed E-state index contributed by atoms with van der Waals surface area (Å²) in [6.45, 7) is 12.3. The molecule has 0 aliphatic carbocycles. The van der Waals surface area contributed by atoms with Crippen LogP contribution in [0.4, 0.5) is 13.2 Å². The fraction of sp³-hybridized carbons (Fsp3) is 0.231. The number of phenolic OH excluding ortho intramolecular Hbond substituents is 1. The third-order valence-corrected chi connectivity index (χ3v) is 9.98. The third kappa shape index (κ3) is 7.02. The molecule has 0 aliphatic heterocycles. The van der Waals surface area contributed by atoms with Crippen LogP contribution in [0.15, 0.2) is 97.1 Å². The zero-order chi connectivity index (χ0) is 32.5. The van der Waals surface area contributed by atoms with Gasteiger partial charge < -0.3 is 9.84 Å². The molecule has 5 aromatic carbocycles. The molecule has 1 N–H and O–H groups in total. The molecule has 0 aliphatic rings. The largest absolute Gasteiger partial charge is 0.507 e. The van der Waals surface area contributed by atoms with Crippen LogP contribution in [0, 0.1) is 23.4 Å². The Morgan fingerprint density at radius 1 is 0.644 bits per heavy atom. The van der Waals surface area contributed by atoms with Crippen LogP contribution in [-0.2, 0) is 0 Å². The van der Waals surface area contributed by atoms with Crippen LogP contribution in [0.1, 0.15) is 27.2 Å². The Labute approximate surface area is 265 Å². The van der Waals surface area contributed by atoms with Crippen molar-refractivity contribution in [2.75, 3.05) is 0 Å². The summed E-state index contributed by atoms with van der Waals surface area (Å²) in [7, 11) is -2.10. The van der Waals surface area contributed by atoms with Gasteiger partial charge in [0.25, 0.3) is 0 Å². The molecule has 5 rings (SSSR count). The van der Waals surface area contributed by atoms with Crippen LogP contribution in [0.2, 0.25) is 19.6 Å². The van der Waals surface area contributed by atoms with Gasteiger partial charge in [-0.1, -0.05) is 111 Å². The molecule has 0 heterocycles. The topological polar surface area (TPSA) is 29.5 Å². The summed E-state index contributed by atoms with van der Waals surface area (Å²) in [6.07, 6.45) is 0.228. The van der Waals surface area contributed by atoms with Crippen LogP contribution in [0.3, 0.4) is 0 Å². The fourth-order valence-electron chi connectivity index (χ4n) is 5.70. The van der Waals surface area contributed by atoms with Crippen LogP contribution in [0.25, 0.3) is 44.5 Å². The van der Waals surface area contributed by atoms with Crippen LogP contribution >= 0.6 is 0 Å². The smallest absolute Gasteiger partial charge is 0.195 e. The minimum Gasteiger partial charge on any atom is -0.507 e. The number of ether oxygens (including phenoxy) is 1. The summed E-state index contributed by atoms with van der Waals surface area (Å²) in [5, 5.41) is 12.9. The molecule has 5 aromatic rings. The minimum absolute atomic E-state index is 0.0689. The lowest BCUT2D eigenvalue weighted by Crippen LogP contribution is -2.37. The van der Waals surface area contributed by atoms with Crippen molar-refractivity contribution < 1.29 is 23.0 Å². The van der Waals surface area contributed by atoms with E-state index in [0.717, 1.165) is 33.5 Å². The maximum Gasteiger partial charge on any atom is 0.195 e. The first-order valence-electron chi connectivity index (χ1n) is 15.3. The Kier molecular flexibility index (Phi) is 9.26. The zero-order valence-electron chi connectivity index (χ0n) is 26.6. The Morgan fingerprint density at radius 2 is 1.16 bits per heavy atom. The van der Waals surface area contributed by atoms with Crippen molar-refractivity contribution in [3.05, 3.63) is 115 Å². The molecule has 0 bridgehead atoms. The highest BCUT2D eigenvalue weighted by molar-refractivity contribution is 6.88. The van der Waals surface area contributed by atoms with Gasteiger partial charge in [-0.2, -0.15) is 0 Å². The van der Waals surface area contributed by atoms with Crippen molar-refractivity contribution in [3.63, 3.8) is 0 Å². The van der Waals surface area contributed by atoms with E-state index in [0.29, 0.717) is 17.5 Å². The van der Waals surface area contributed by atoms with Gasteiger partial charge in [0.2, 0.25) is 0 Å². The third-order valence-electron chi connectivity index (χ3n) is 7.96. The predicted molar refractivity (Wildman–Crippen MR) is 182 cm³/mol. The second kappa shape index (κ2) is 13.0. The highest BCUT2D eigenvalue weighted by Gasteiger charge is 2.29. The van der Waals surface area contributed by atoms with E-state index in [2.05, 4.69) is 25.7 Å². The highest BCUT2D eigenvalue weighted by Crippen LogP contribution is 2.45. The second-order valence-electron chi connectivity index (χ2n) is 13.1. The molecular weight excluding hydrogens is 586 g/mol. The SMILES string of the molecule is CC(C)C[C@@H](C)Oc1cc(F)c(F)c(F)c1-c1cc([Si](C)(C)C)cc(-c2cc(-c3ccccc3)cc(-c3ccccc3)c2)c1O. The quantitative estimate of drug-likeness (QED) is 0.131. The standard InChI is InChI=1S/C39H39F3O2Si/c1-24(2)17-25(3)44-35-23-34(40)37(41)38(42)36(35)33-22-31(45(4,5)6)21-32(39(33)43)30-19-28(26-13-9-7-10-14-26)18-29(20-30)27-15-11-8-12-16-27/h7-16,18-25,43H,17H2,1-6H3/t25-/m1/s1. The Morgan fingerprint density at radius 3 is 1.67 bits per heavy atom. The van der Waals surface area contributed by atoms with Gasteiger partial charge in [-0.3, -0.25) is 0 Å². The number of halogens is 3. The maximum absolute atomic E-state index is 15.8. The van der Waals surface area contributed by atoms with E-state index >= 15 is 4.39 Å². The lowest BCUT2D eigenvalue weighted by atomic mass is 9.91. The van der Waals surface area contributed by atoms with Gasteiger partial charge in [-0.05, 0) is 65.3 Å². The van der Waals surface area contributed by atoms with E-state index in [4.69, 9.17) is 4.74 Å². The molecule has 2 nitrogen and oxygen atoms in total. The molecule has 0 aromatic heterocycles. The zero-order valence-corrected chi connectivity index (χ0v) is 27.6. The van der Waals surface area contributed by atoms with Crippen molar-refractivity contribution in [3.8, 4) is 56.0 Å². The van der Waals surface area contributed by atoms with Gasteiger partial charge in [-0.15, -0.1) is 0 Å². The molecule has 0 fully saturated rings. The summed E-state index contributed by atoms with van der Waals surface area (Å²) in [5.74, 6) is -4.44. The Hall–Kier alpha value is -4.29. The van der Waals surface area contributed by atoms with Crippen LogP contribution in [-0.4, -0.2) is 19.3 Å².